The van der Waals surface area contributed by atoms with Crippen molar-refractivity contribution < 1.29 is 56.6 Å². The van der Waals surface area contributed by atoms with Gasteiger partial charge in [0.1, 0.15) is 30.2 Å². The number of nitrogens with zero attached hydrogens (tertiary/aromatic N) is 5. The van der Waals surface area contributed by atoms with Gasteiger partial charge in [0.15, 0.2) is 42.4 Å². The van der Waals surface area contributed by atoms with E-state index in [9.17, 15) is 33.9 Å². The molecule has 6 atom stereocenters. The van der Waals surface area contributed by atoms with Gasteiger partial charge in [-0.2, -0.15) is 4.31 Å². The first-order valence-corrected chi connectivity index (χ1v) is 15.7. The topological polar surface area (TPSA) is 243 Å². The number of aromatic nitrogens is 5. The first-order chi connectivity index (χ1) is 18.9. The molecule has 218 valence electrons. The number of hydrogen-bond donors (Lipinski definition) is 5. The Labute approximate surface area is 234 Å². The number of nitrogens with two attached hydrogens (primary N) is 1. The number of alkyl halides is 1. The maximum Gasteiger partial charge on any atom is 0.481 e. The summed E-state index contributed by atoms with van der Waals surface area (Å²) in [6, 6.07) is 3.32. The van der Waals surface area contributed by atoms with Crippen molar-refractivity contribution >= 4 is 54.3 Å². The number of ether oxygens (including phenoxy) is 1. The highest BCUT2D eigenvalue weighted by Gasteiger charge is 2.46. The average Bonchev–Trinajstić information content (AvgIpc) is 3.46. The van der Waals surface area contributed by atoms with Crippen LogP contribution in [0.5, 0.6) is 0 Å². The van der Waals surface area contributed by atoms with Crippen LogP contribution in [0.3, 0.4) is 0 Å². The summed E-state index contributed by atoms with van der Waals surface area (Å²) in [5, 5.41) is 21.0. The summed E-state index contributed by atoms with van der Waals surface area (Å²) in [5.74, 6) is -0.0338. The monoisotopic (exact) mass is 667 g/mol. The highest BCUT2D eigenvalue weighted by molar-refractivity contribution is 9.09. The smallest absolute Gasteiger partial charge is 0.387 e. The summed E-state index contributed by atoms with van der Waals surface area (Å²) in [7, 11) is -10.2. The zero-order chi connectivity index (χ0) is 29.1. The van der Waals surface area contributed by atoms with Crippen LogP contribution in [-0.2, 0) is 33.8 Å². The van der Waals surface area contributed by atoms with Crippen molar-refractivity contribution in [1.29, 1.82) is 0 Å². The Morgan fingerprint density at radius 2 is 1.93 bits per heavy atom. The molecule has 20 heteroatoms. The second kappa shape index (κ2) is 12.8. The van der Waals surface area contributed by atoms with Gasteiger partial charge in [-0.25, -0.2) is 28.6 Å². The zero-order valence-electron chi connectivity index (χ0n) is 20.5. The van der Waals surface area contributed by atoms with Gasteiger partial charge in [-0.1, -0.05) is 15.9 Å². The van der Waals surface area contributed by atoms with Gasteiger partial charge in [-0.3, -0.25) is 18.4 Å². The van der Waals surface area contributed by atoms with E-state index in [-0.39, 0.29) is 41.1 Å². The van der Waals surface area contributed by atoms with Crippen molar-refractivity contribution in [2.24, 2.45) is 0 Å². The molecule has 1 aliphatic heterocycles. The zero-order valence-corrected chi connectivity index (χ0v) is 23.9. The number of aryl methyl sites for hydroxylation is 1. The molecule has 0 radical (unpaired) electrons. The number of pyridine rings is 1. The highest BCUT2D eigenvalue weighted by Crippen LogP contribution is 2.60. The summed E-state index contributed by atoms with van der Waals surface area (Å²) in [6.07, 6.45) is 0.258. The number of fused-ring (bicyclic) bond motifs is 1. The lowest BCUT2D eigenvalue weighted by atomic mass is 10.1. The lowest BCUT2D eigenvalue weighted by Gasteiger charge is -2.19. The molecule has 1 fully saturated rings. The molecule has 17 nitrogen and oxygen atoms in total. The van der Waals surface area contributed by atoms with Crippen LogP contribution in [0.2, 0.25) is 0 Å². The molecule has 0 amide bonds. The third kappa shape index (κ3) is 7.35. The second-order valence-electron chi connectivity index (χ2n) is 8.52. The Morgan fingerprint density at radius 3 is 2.67 bits per heavy atom. The normalized spacial score (nSPS) is 24.1. The molecule has 0 aromatic carbocycles. The van der Waals surface area contributed by atoms with Crippen LogP contribution in [-0.4, -0.2) is 82.2 Å². The number of rotatable bonds is 13. The van der Waals surface area contributed by atoms with Crippen molar-refractivity contribution in [1.82, 2.24) is 19.5 Å². The Bertz CT molecular complexity index is 1460. The van der Waals surface area contributed by atoms with E-state index in [1.807, 2.05) is 0 Å². The van der Waals surface area contributed by atoms with Crippen LogP contribution in [0.1, 0.15) is 23.0 Å². The minimum Gasteiger partial charge on any atom is -0.387 e. The molecule has 40 heavy (non-hydrogen) atoms. The largest absolute Gasteiger partial charge is 0.481 e. The summed E-state index contributed by atoms with van der Waals surface area (Å²) in [6.45, 7) is -0.822. The number of nitrogen functional groups attached to an aromatic ring is 1. The van der Waals surface area contributed by atoms with Crippen LogP contribution in [0.4, 0.5) is 5.82 Å². The van der Waals surface area contributed by atoms with Crippen LogP contribution < -0.4 is 10.3 Å². The molecular weight excluding hydrogens is 642 g/mol. The van der Waals surface area contributed by atoms with Gasteiger partial charge in [-0.05, 0) is 6.07 Å². The van der Waals surface area contributed by atoms with E-state index in [1.165, 1.54) is 17.2 Å². The fourth-order valence-corrected chi connectivity index (χ4v) is 6.27. The number of imidazole rings is 1. The van der Waals surface area contributed by atoms with E-state index >= 15 is 0 Å². The molecule has 0 aliphatic carbocycles. The van der Waals surface area contributed by atoms with Crippen LogP contribution in [0, 0.1) is 0 Å². The van der Waals surface area contributed by atoms with Crippen LogP contribution >= 0.6 is 31.6 Å². The van der Waals surface area contributed by atoms with Gasteiger partial charge in [-0.15, -0.1) is 0 Å². The van der Waals surface area contributed by atoms with Crippen LogP contribution in [0.25, 0.3) is 11.2 Å². The minimum absolute atomic E-state index is 0.0837. The molecular formula is C20H26BrN6O11P2+. The number of Topliss-reactive ketones (excluding diaryl/α,β-unsaturated/α-hetero) is 1. The molecule has 6 N–H and O–H groups in total. The number of aliphatic hydroxyl groups excluding tert-OH is 2. The summed E-state index contributed by atoms with van der Waals surface area (Å²) >= 11 is 3.10. The molecule has 1 saturated heterocycles. The van der Waals surface area contributed by atoms with E-state index in [0.717, 1.165) is 0 Å². The standard InChI is InChI=1S/C20H25BrN6O11P2/c21-7-13(28)12-3-1-4-26(8-12)5-2-6-35-39(31,32)38-40(33,34)36-9-14-16(29)17(30)20(37-14)27-11-25-15-18(22)23-10-24-19(15)27/h1,3-4,8,10-11,14,16-17,20,29-30H,2,5-7,9H2,(H3-,22,23,24,31,32,33,34)/p+1/t14-,16-,17-,20-/m1/s1. The second-order valence-corrected chi connectivity index (χ2v) is 12.1. The summed E-state index contributed by atoms with van der Waals surface area (Å²) in [4.78, 5) is 43.5. The molecule has 4 heterocycles. The fourth-order valence-electron chi connectivity index (χ4n) is 3.83. The van der Waals surface area contributed by atoms with E-state index in [1.54, 1.807) is 29.1 Å². The minimum atomic E-state index is -5.18. The summed E-state index contributed by atoms with van der Waals surface area (Å²) in [5.41, 5.74) is 6.66. The SMILES string of the molecule is Nc1ncnc2c1ncn2[C@@H]1O[C@H](COP(=O)(O)OP(=O)(O)OCCC[n+]2cccc(C(=O)CBr)c2)[C@@H](O)[C@H]1O. The Hall–Kier alpha value is -2.21. The van der Waals surface area contributed by atoms with Crippen LogP contribution in [0.15, 0.2) is 37.2 Å². The Morgan fingerprint density at radius 1 is 1.18 bits per heavy atom. The van der Waals surface area contributed by atoms with E-state index < -0.39 is 46.8 Å². The highest BCUT2D eigenvalue weighted by atomic mass is 79.9. The Balaban J connectivity index is 1.27. The average molecular weight is 668 g/mol. The van der Waals surface area contributed by atoms with Gasteiger partial charge < -0.3 is 30.5 Å². The van der Waals surface area contributed by atoms with E-state index in [2.05, 4.69) is 35.2 Å². The van der Waals surface area contributed by atoms with Gasteiger partial charge in [0.25, 0.3) is 0 Å². The van der Waals surface area contributed by atoms with Gasteiger partial charge in [0, 0.05) is 12.5 Å². The summed E-state index contributed by atoms with van der Waals surface area (Å²) < 4.78 is 46.8. The number of ketones is 1. The van der Waals surface area contributed by atoms with Crippen molar-refractivity contribution in [2.75, 3.05) is 24.3 Å². The van der Waals surface area contributed by atoms with Crippen molar-refractivity contribution in [3.05, 3.63) is 42.7 Å². The van der Waals surface area contributed by atoms with Crippen molar-refractivity contribution in [3.8, 4) is 0 Å². The maximum atomic E-state index is 12.3. The number of phosphoric acid groups is 2. The lowest BCUT2D eigenvalue weighted by Crippen LogP contribution is -2.34. The quantitative estimate of drug-likeness (QED) is 0.0538. The van der Waals surface area contributed by atoms with Gasteiger partial charge >= 0.3 is 15.6 Å². The number of hydrogen-bond acceptors (Lipinski definition) is 13. The molecule has 3 aromatic heterocycles. The number of phosphoric ester groups is 2. The predicted molar refractivity (Wildman–Crippen MR) is 138 cm³/mol. The molecule has 0 spiro atoms. The first kappa shape index (κ1) is 30.7. The molecule has 2 unspecified atom stereocenters. The van der Waals surface area contributed by atoms with E-state index in [0.29, 0.717) is 12.1 Å². The van der Waals surface area contributed by atoms with E-state index in [4.69, 9.17) is 19.5 Å². The lowest BCUT2D eigenvalue weighted by molar-refractivity contribution is -0.697. The maximum absolute atomic E-state index is 12.3. The molecule has 3 aromatic rings. The molecule has 4 rings (SSSR count). The molecule has 0 saturated carbocycles. The van der Waals surface area contributed by atoms with Crippen molar-refractivity contribution in [3.63, 3.8) is 0 Å². The van der Waals surface area contributed by atoms with Gasteiger partial charge in [0.05, 0.1) is 30.4 Å². The third-order valence-corrected chi connectivity index (χ3v) is 8.87. The number of carbonyl (C=O) groups is 1. The first-order valence-electron chi connectivity index (χ1n) is 11.6. The number of aliphatic hydroxyl groups is 2. The third-order valence-electron chi connectivity index (χ3n) is 5.72. The number of carbonyl (C=O) groups excluding carboxylic acids is 1. The number of halogens is 1. The fraction of sp³-hybridized carbons (Fsp3) is 0.450. The van der Waals surface area contributed by atoms with Crippen molar-refractivity contribution in [2.45, 2.75) is 37.5 Å². The molecule has 1 aliphatic rings. The predicted octanol–water partition coefficient (Wildman–Crippen LogP) is 0.234. The van der Waals surface area contributed by atoms with Gasteiger partial charge in [0.2, 0.25) is 0 Å². The number of anilines is 1. The molecule has 0 bridgehead atoms. The Kier molecular flexibility index (Phi) is 9.80.